The van der Waals surface area contributed by atoms with Gasteiger partial charge in [0.2, 0.25) is 0 Å². The second-order valence-corrected chi connectivity index (χ2v) is 4.57. The van der Waals surface area contributed by atoms with Gasteiger partial charge in [-0.25, -0.2) is 0 Å². The lowest BCUT2D eigenvalue weighted by Gasteiger charge is -2.02. The largest absolute Gasteiger partial charge is 0.0622 e. The fourth-order valence-corrected chi connectivity index (χ4v) is 2.20. The molecule has 0 nitrogen and oxygen atoms in total. The van der Waals surface area contributed by atoms with E-state index in [1.807, 2.05) is 18.2 Å². The Hall–Kier alpha value is -1.34. The Kier molecular flexibility index (Phi) is 3.58. The fraction of sp³-hybridized carbons (Fsp3) is 0.0667. The zero-order valence-electron chi connectivity index (χ0n) is 9.15. The Labute approximate surface area is 105 Å². The topological polar surface area (TPSA) is 0 Å². The molecule has 0 heterocycles. The van der Waals surface area contributed by atoms with Crippen molar-refractivity contribution in [3.8, 4) is 0 Å². The summed E-state index contributed by atoms with van der Waals surface area (Å²) < 4.78 is 1.14. The van der Waals surface area contributed by atoms with Crippen LogP contribution in [0.15, 0.2) is 53.0 Å². The summed E-state index contributed by atoms with van der Waals surface area (Å²) in [5, 5.41) is 0. The smallest absolute Gasteiger partial charge is 0.0250 e. The molecule has 2 rings (SSSR count). The van der Waals surface area contributed by atoms with Gasteiger partial charge in [-0.15, -0.1) is 0 Å². The molecule has 0 fully saturated rings. The Morgan fingerprint density at radius 3 is 2.31 bits per heavy atom. The standard InChI is InChI=1S/C15H13Br/c1-12-6-5-9-15(16)14(12)11-10-13-7-3-2-4-8-13/h2-11H,1H3/b11-10-. The average Bonchev–Trinajstić information content (AvgIpc) is 2.30. The van der Waals surface area contributed by atoms with Gasteiger partial charge in [0.1, 0.15) is 0 Å². The van der Waals surface area contributed by atoms with E-state index in [4.69, 9.17) is 0 Å². The highest BCUT2D eigenvalue weighted by Crippen LogP contribution is 2.22. The van der Waals surface area contributed by atoms with E-state index in [1.165, 1.54) is 16.7 Å². The number of aryl methyl sites for hydroxylation is 1. The lowest BCUT2D eigenvalue weighted by molar-refractivity contribution is 1.42. The van der Waals surface area contributed by atoms with Crippen molar-refractivity contribution < 1.29 is 0 Å². The van der Waals surface area contributed by atoms with Crippen LogP contribution in [0.5, 0.6) is 0 Å². The highest BCUT2D eigenvalue weighted by atomic mass is 79.9. The van der Waals surface area contributed by atoms with E-state index in [9.17, 15) is 0 Å². The molecule has 80 valence electrons. The van der Waals surface area contributed by atoms with Crippen LogP contribution in [-0.4, -0.2) is 0 Å². The Bertz CT molecular complexity index is 478. The number of halogens is 1. The van der Waals surface area contributed by atoms with E-state index >= 15 is 0 Å². The van der Waals surface area contributed by atoms with Crippen LogP contribution in [0.2, 0.25) is 0 Å². The molecular formula is C15H13Br. The minimum absolute atomic E-state index is 1.14. The van der Waals surface area contributed by atoms with Crippen molar-refractivity contribution in [2.24, 2.45) is 0 Å². The first-order valence-electron chi connectivity index (χ1n) is 5.25. The summed E-state index contributed by atoms with van der Waals surface area (Å²) in [4.78, 5) is 0. The summed E-state index contributed by atoms with van der Waals surface area (Å²) in [6.07, 6.45) is 4.28. The zero-order valence-corrected chi connectivity index (χ0v) is 10.7. The maximum absolute atomic E-state index is 3.57. The van der Waals surface area contributed by atoms with Crippen LogP contribution in [0.1, 0.15) is 16.7 Å². The summed E-state index contributed by atoms with van der Waals surface area (Å²) in [6.45, 7) is 2.12. The van der Waals surface area contributed by atoms with Gasteiger partial charge in [-0.3, -0.25) is 0 Å². The fourth-order valence-electron chi connectivity index (χ4n) is 1.60. The van der Waals surface area contributed by atoms with E-state index in [2.05, 4.69) is 65.3 Å². The van der Waals surface area contributed by atoms with Gasteiger partial charge < -0.3 is 0 Å². The molecule has 0 radical (unpaired) electrons. The van der Waals surface area contributed by atoms with Crippen molar-refractivity contribution in [1.29, 1.82) is 0 Å². The van der Waals surface area contributed by atoms with Crippen molar-refractivity contribution in [3.63, 3.8) is 0 Å². The van der Waals surface area contributed by atoms with Crippen molar-refractivity contribution in [3.05, 3.63) is 69.7 Å². The Balaban J connectivity index is 2.31. The Morgan fingerprint density at radius 2 is 1.62 bits per heavy atom. The van der Waals surface area contributed by atoms with Gasteiger partial charge in [-0.2, -0.15) is 0 Å². The third-order valence-corrected chi connectivity index (χ3v) is 3.20. The molecule has 0 aliphatic carbocycles. The maximum atomic E-state index is 3.57. The van der Waals surface area contributed by atoms with Crippen LogP contribution in [0, 0.1) is 6.92 Å². The highest BCUT2D eigenvalue weighted by Gasteiger charge is 1.98. The van der Waals surface area contributed by atoms with Crippen LogP contribution in [-0.2, 0) is 0 Å². The van der Waals surface area contributed by atoms with Gasteiger partial charge in [0.15, 0.2) is 0 Å². The molecule has 0 unspecified atom stereocenters. The van der Waals surface area contributed by atoms with Gasteiger partial charge in [0.25, 0.3) is 0 Å². The monoisotopic (exact) mass is 272 g/mol. The summed E-state index contributed by atoms with van der Waals surface area (Å²) in [7, 11) is 0. The van der Waals surface area contributed by atoms with Crippen LogP contribution >= 0.6 is 15.9 Å². The first-order valence-corrected chi connectivity index (χ1v) is 6.05. The lowest BCUT2D eigenvalue weighted by Crippen LogP contribution is -1.81. The molecule has 0 amide bonds. The van der Waals surface area contributed by atoms with Crippen LogP contribution in [0.25, 0.3) is 12.2 Å². The van der Waals surface area contributed by atoms with Crippen LogP contribution in [0.4, 0.5) is 0 Å². The normalized spacial score (nSPS) is 10.9. The molecule has 0 N–H and O–H groups in total. The lowest BCUT2D eigenvalue weighted by atomic mass is 10.1. The van der Waals surface area contributed by atoms with Gasteiger partial charge in [-0.1, -0.05) is 70.5 Å². The molecule has 0 spiro atoms. The molecule has 2 aromatic rings. The van der Waals surface area contributed by atoms with Gasteiger partial charge in [0.05, 0.1) is 0 Å². The number of hydrogen-bond donors (Lipinski definition) is 0. The first-order chi connectivity index (χ1) is 7.77. The van der Waals surface area contributed by atoms with Crippen molar-refractivity contribution in [2.45, 2.75) is 6.92 Å². The van der Waals surface area contributed by atoms with Gasteiger partial charge in [0, 0.05) is 4.47 Å². The van der Waals surface area contributed by atoms with Crippen LogP contribution < -0.4 is 0 Å². The number of benzene rings is 2. The predicted molar refractivity (Wildman–Crippen MR) is 74.2 cm³/mol. The molecule has 0 aromatic heterocycles. The predicted octanol–water partition coefficient (Wildman–Crippen LogP) is 4.93. The summed E-state index contributed by atoms with van der Waals surface area (Å²) in [5.41, 5.74) is 3.74. The number of rotatable bonds is 2. The second kappa shape index (κ2) is 5.13. The molecular weight excluding hydrogens is 260 g/mol. The minimum atomic E-state index is 1.14. The zero-order chi connectivity index (χ0) is 11.4. The number of hydrogen-bond acceptors (Lipinski definition) is 0. The van der Waals surface area contributed by atoms with E-state index in [0.717, 1.165) is 4.47 Å². The van der Waals surface area contributed by atoms with E-state index in [0.29, 0.717) is 0 Å². The van der Waals surface area contributed by atoms with E-state index in [1.54, 1.807) is 0 Å². The second-order valence-electron chi connectivity index (χ2n) is 3.71. The van der Waals surface area contributed by atoms with Gasteiger partial charge >= 0.3 is 0 Å². The molecule has 0 bridgehead atoms. The van der Waals surface area contributed by atoms with Crippen molar-refractivity contribution in [2.75, 3.05) is 0 Å². The summed E-state index contributed by atoms with van der Waals surface area (Å²) >= 11 is 3.57. The molecule has 2 aromatic carbocycles. The molecule has 0 saturated carbocycles. The van der Waals surface area contributed by atoms with Gasteiger partial charge in [-0.05, 0) is 29.7 Å². The SMILES string of the molecule is Cc1cccc(Br)c1/C=C\c1ccccc1. The molecule has 0 atom stereocenters. The molecule has 16 heavy (non-hydrogen) atoms. The quantitative estimate of drug-likeness (QED) is 0.681. The average molecular weight is 273 g/mol. The third-order valence-electron chi connectivity index (χ3n) is 2.51. The Morgan fingerprint density at radius 1 is 0.875 bits per heavy atom. The third kappa shape index (κ3) is 2.61. The van der Waals surface area contributed by atoms with E-state index in [-0.39, 0.29) is 0 Å². The summed E-state index contributed by atoms with van der Waals surface area (Å²) in [6, 6.07) is 16.6. The first kappa shape index (κ1) is 11.2. The maximum Gasteiger partial charge on any atom is 0.0250 e. The molecule has 1 heteroatoms. The highest BCUT2D eigenvalue weighted by molar-refractivity contribution is 9.10. The van der Waals surface area contributed by atoms with Crippen molar-refractivity contribution in [1.82, 2.24) is 0 Å². The van der Waals surface area contributed by atoms with E-state index < -0.39 is 0 Å². The summed E-state index contributed by atoms with van der Waals surface area (Å²) in [5.74, 6) is 0. The molecule has 0 aliphatic rings. The van der Waals surface area contributed by atoms with Crippen molar-refractivity contribution >= 4 is 28.1 Å². The molecule has 0 aliphatic heterocycles. The van der Waals surface area contributed by atoms with Crippen LogP contribution in [0.3, 0.4) is 0 Å². The minimum Gasteiger partial charge on any atom is -0.0622 e. The molecule has 0 saturated heterocycles.